The van der Waals surface area contributed by atoms with Crippen LogP contribution in [0.5, 0.6) is 11.5 Å². The summed E-state index contributed by atoms with van der Waals surface area (Å²) in [6, 6.07) is 14.6. The van der Waals surface area contributed by atoms with E-state index in [0.717, 1.165) is 26.4 Å². The average molecular weight is 585 g/mol. The van der Waals surface area contributed by atoms with Gasteiger partial charge in [-0.3, -0.25) is 4.79 Å². The number of anilines is 1. The van der Waals surface area contributed by atoms with E-state index in [0.29, 0.717) is 17.2 Å². The Kier molecular flexibility index (Phi) is 9.14. The molecule has 0 aromatic heterocycles. The van der Waals surface area contributed by atoms with Crippen molar-refractivity contribution in [2.24, 2.45) is 0 Å². The Morgan fingerprint density at radius 2 is 1.89 bits per heavy atom. The maximum atomic E-state index is 13.8. The van der Waals surface area contributed by atoms with Crippen LogP contribution in [0.15, 0.2) is 53.0 Å². The van der Waals surface area contributed by atoms with Gasteiger partial charge in [0.1, 0.15) is 29.7 Å². The van der Waals surface area contributed by atoms with Gasteiger partial charge in [-0.2, -0.15) is 9.59 Å². The number of amides is 2. The molecule has 1 aliphatic rings. The van der Waals surface area contributed by atoms with Gasteiger partial charge < -0.3 is 24.4 Å². The SMILES string of the molecule is COc1ccc2cc(Br)ccc2c1CN1C(=O)[C@@H](NC(=O)OC(C)(C)C)COc2c(C)cccc21.O=C=O. The van der Waals surface area contributed by atoms with E-state index in [1.165, 1.54) is 0 Å². The third kappa shape index (κ3) is 6.70. The second-order valence-electron chi connectivity index (χ2n) is 9.55. The summed E-state index contributed by atoms with van der Waals surface area (Å²) in [7, 11) is 1.61. The van der Waals surface area contributed by atoms with Gasteiger partial charge in [0.05, 0.1) is 19.3 Å². The Hall–Kier alpha value is -3.88. The molecule has 2 amide bonds. The van der Waals surface area contributed by atoms with E-state index in [2.05, 4.69) is 21.2 Å². The number of hydrogen-bond donors (Lipinski definition) is 1. The number of nitrogens with zero attached hydrogens (tertiary/aromatic N) is 1. The predicted molar refractivity (Wildman–Crippen MR) is 144 cm³/mol. The molecule has 38 heavy (non-hydrogen) atoms. The molecular formula is C28H29BrN2O7. The maximum absolute atomic E-state index is 13.8. The molecule has 10 heteroatoms. The zero-order valence-corrected chi connectivity index (χ0v) is 23.4. The highest BCUT2D eigenvalue weighted by Crippen LogP contribution is 2.38. The van der Waals surface area contributed by atoms with Crippen LogP contribution in [0.2, 0.25) is 0 Å². The lowest BCUT2D eigenvalue weighted by Gasteiger charge is -2.27. The van der Waals surface area contributed by atoms with Gasteiger partial charge in [-0.05, 0) is 68.3 Å². The highest BCUT2D eigenvalue weighted by Gasteiger charge is 2.35. The minimum atomic E-state index is -0.924. The van der Waals surface area contributed by atoms with Gasteiger partial charge in [-0.1, -0.05) is 40.2 Å². The number of benzene rings is 3. The number of hydrogen-bond acceptors (Lipinski definition) is 7. The van der Waals surface area contributed by atoms with E-state index in [4.69, 9.17) is 23.8 Å². The Balaban J connectivity index is 0.00000127. The predicted octanol–water partition coefficient (Wildman–Crippen LogP) is 5.15. The van der Waals surface area contributed by atoms with Crippen molar-refractivity contribution in [3.8, 4) is 11.5 Å². The second-order valence-corrected chi connectivity index (χ2v) is 10.5. The van der Waals surface area contributed by atoms with Crippen molar-refractivity contribution in [1.29, 1.82) is 0 Å². The lowest BCUT2D eigenvalue weighted by Crippen LogP contribution is -2.51. The van der Waals surface area contributed by atoms with Gasteiger partial charge in [0.2, 0.25) is 0 Å². The van der Waals surface area contributed by atoms with Gasteiger partial charge in [0, 0.05) is 10.0 Å². The van der Waals surface area contributed by atoms with Crippen LogP contribution in [0.1, 0.15) is 31.9 Å². The third-order valence-corrected chi connectivity index (χ3v) is 6.21. The van der Waals surface area contributed by atoms with E-state index >= 15 is 0 Å². The standard InChI is InChI=1S/C27H29BrN2O5.CO2/c1-16-7-6-8-22-24(16)34-15-21(29-26(32)35-27(2,3)4)25(31)30(22)14-20-19-11-10-18(28)13-17(19)9-12-23(20)33-5;2-1-3/h6-13,21H,14-15H2,1-5H3,(H,29,32);/t21-;/m0./s1. The number of aryl methyl sites for hydroxylation is 1. The summed E-state index contributed by atoms with van der Waals surface area (Å²) in [5, 5.41) is 4.68. The van der Waals surface area contributed by atoms with Crippen LogP contribution in [-0.2, 0) is 25.7 Å². The molecule has 3 aromatic rings. The molecule has 0 unspecified atom stereocenters. The Morgan fingerprint density at radius 3 is 2.55 bits per heavy atom. The van der Waals surface area contributed by atoms with E-state index in [9.17, 15) is 9.59 Å². The molecule has 200 valence electrons. The summed E-state index contributed by atoms with van der Waals surface area (Å²) in [6.45, 7) is 7.47. The average Bonchev–Trinajstić information content (AvgIpc) is 2.96. The van der Waals surface area contributed by atoms with E-state index in [1.54, 1.807) is 32.8 Å². The fourth-order valence-electron chi connectivity index (χ4n) is 4.16. The zero-order valence-electron chi connectivity index (χ0n) is 21.8. The normalized spacial score (nSPS) is 14.7. The van der Waals surface area contributed by atoms with Gasteiger partial charge in [0.15, 0.2) is 0 Å². The second kappa shape index (κ2) is 12.1. The molecule has 1 N–H and O–H groups in total. The highest BCUT2D eigenvalue weighted by molar-refractivity contribution is 9.10. The van der Waals surface area contributed by atoms with Crippen LogP contribution in [0.25, 0.3) is 10.8 Å². The van der Waals surface area contributed by atoms with Gasteiger partial charge in [0.25, 0.3) is 5.91 Å². The summed E-state index contributed by atoms with van der Waals surface area (Å²) in [5.41, 5.74) is 1.70. The smallest absolute Gasteiger partial charge is 0.408 e. The molecule has 0 spiro atoms. The van der Waals surface area contributed by atoms with Crippen molar-refractivity contribution in [3.63, 3.8) is 0 Å². The third-order valence-electron chi connectivity index (χ3n) is 5.72. The number of ether oxygens (including phenoxy) is 3. The molecule has 0 saturated carbocycles. The number of carbonyl (C=O) groups is 2. The monoisotopic (exact) mass is 584 g/mol. The Labute approximate surface area is 229 Å². The van der Waals surface area contributed by atoms with E-state index in [1.807, 2.05) is 55.5 Å². The molecule has 0 aliphatic carbocycles. The number of methoxy groups -OCH3 is 1. The number of carbonyl (C=O) groups excluding carboxylic acids is 4. The van der Waals surface area contributed by atoms with Crippen molar-refractivity contribution in [2.75, 3.05) is 18.6 Å². The van der Waals surface area contributed by atoms with Crippen molar-refractivity contribution >= 4 is 50.5 Å². The van der Waals surface area contributed by atoms with Crippen LogP contribution in [0.4, 0.5) is 10.5 Å². The van der Waals surface area contributed by atoms with Gasteiger partial charge in [-0.25, -0.2) is 4.79 Å². The first-order valence-corrected chi connectivity index (χ1v) is 12.6. The highest BCUT2D eigenvalue weighted by atomic mass is 79.9. The van der Waals surface area contributed by atoms with Crippen molar-refractivity contribution in [1.82, 2.24) is 5.32 Å². The van der Waals surface area contributed by atoms with Gasteiger partial charge in [-0.15, -0.1) is 0 Å². The van der Waals surface area contributed by atoms with Crippen molar-refractivity contribution in [2.45, 2.75) is 45.9 Å². The molecule has 0 fully saturated rings. The van der Waals surface area contributed by atoms with E-state index in [-0.39, 0.29) is 25.2 Å². The minimum Gasteiger partial charge on any atom is -0.496 e. The van der Waals surface area contributed by atoms with Crippen LogP contribution >= 0.6 is 15.9 Å². The zero-order chi connectivity index (χ0) is 28.0. The molecule has 1 aliphatic heterocycles. The quantitative estimate of drug-likeness (QED) is 0.451. The molecule has 9 nitrogen and oxygen atoms in total. The summed E-state index contributed by atoms with van der Waals surface area (Å²) in [4.78, 5) is 44.3. The largest absolute Gasteiger partial charge is 0.496 e. The fraction of sp³-hybridized carbons (Fsp3) is 0.321. The number of fused-ring (bicyclic) bond motifs is 2. The first-order valence-electron chi connectivity index (χ1n) is 11.8. The van der Waals surface area contributed by atoms with Crippen molar-refractivity contribution in [3.05, 3.63) is 64.1 Å². The molecule has 1 heterocycles. The van der Waals surface area contributed by atoms with Crippen LogP contribution < -0.4 is 19.7 Å². The first-order chi connectivity index (χ1) is 18.0. The van der Waals surface area contributed by atoms with E-state index < -0.39 is 17.7 Å². The van der Waals surface area contributed by atoms with Crippen molar-refractivity contribution < 1.29 is 33.4 Å². The number of halogens is 1. The summed E-state index contributed by atoms with van der Waals surface area (Å²) in [5.74, 6) is 0.983. The summed E-state index contributed by atoms with van der Waals surface area (Å²) >= 11 is 3.53. The first kappa shape index (κ1) is 28.7. The molecule has 0 radical (unpaired) electrons. The number of nitrogens with one attached hydrogen (secondary N) is 1. The number of rotatable bonds is 4. The Bertz CT molecular complexity index is 1380. The van der Waals surface area contributed by atoms with Crippen LogP contribution in [-0.4, -0.2) is 43.5 Å². The van der Waals surface area contributed by atoms with Gasteiger partial charge >= 0.3 is 12.2 Å². The minimum absolute atomic E-state index is 0.00789. The summed E-state index contributed by atoms with van der Waals surface area (Å²) in [6.07, 6.45) is -0.422. The number of alkyl carbamates (subject to hydrolysis) is 1. The summed E-state index contributed by atoms with van der Waals surface area (Å²) < 4.78 is 18.1. The maximum Gasteiger partial charge on any atom is 0.408 e. The number of para-hydroxylation sites is 1. The topological polar surface area (TPSA) is 111 Å². The molecule has 4 rings (SSSR count). The van der Waals surface area contributed by atoms with Crippen LogP contribution in [0.3, 0.4) is 0 Å². The molecule has 3 aromatic carbocycles. The van der Waals surface area contributed by atoms with Crippen LogP contribution in [0, 0.1) is 6.92 Å². The molecule has 1 atom stereocenters. The Morgan fingerprint density at radius 1 is 1.18 bits per heavy atom. The lowest BCUT2D eigenvalue weighted by atomic mass is 10.0. The molecule has 0 saturated heterocycles. The molecule has 0 bridgehead atoms. The fourth-order valence-corrected chi connectivity index (χ4v) is 4.53. The molecular weight excluding hydrogens is 556 g/mol. The lowest BCUT2D eigenvalue weighted by molar-refractivity contribution is -0.191.